The molecule has 0 unspecified atom stereocenters. The van der Waals surface area contributed by atoms with Crippen LogP contribution < -0.4 is 9.47 Å². The molecule has 0 radical (unpaired) electrons. The lowest BCUT2D eigenvalue weighted by Crippen LogP contribution is -2.06. The van der Waals surface area contributed by atoms with Gasteiger partial charge in [-0.15, -0.1) is 0 Å². The molecule has 0 saturated heterocycles. The van der Waals surface area contributed by atoms with Gasteiger partial charge >= 0.3 is 5.97 Å². The molecule has 6 heteroatoms. The van der Waals surface area contributed by atoms with Crippen LogP contribution in [0.3, 0.4) is 0 Å². The molecular formula is C10H9FO5. The van der Waals surface area contributed by atoms with Gasteiger partial charge in [0.15, 0.2) is 17.8 Å². The van der Waals surface area contributed by atoms with E-state index in [1.54, 1.807) is 0 Å². The number of carbonyl (C=O) groups excluding carboxylic acids is 1. The van der Waals surface area contributed by atoms with Crippen molar-refractivity contribution >= 4 is 12.3 Å². The number of aromatic carboxylic acids is 1. The van der Waals surface area contributed by atoms with Crippen LogP contribution in [0.5, 0.6) is 11.5 Å². The summed E-state index contributed by atoms with van der Waals surface area (Å²) in [5.74, 6) is -3.19. The molecule has 0 fully saturated rings. The topological polar surface area (TPSA) is 72.8 Å². The van der Waals surface area contributed by atoms with Crippen LogP contribution in [0.25, 0.3) is 0 Å². The average Bonchev–Trinajstić information content (AvgIpc) is 2.27. The Hall–Kier alpha value is -2.11. The quantitative estimate of drug-likeness (QED) is 0.787. The first-order valence-electron chi connectivity index (χ1n) is 4.19. The van der Waals surface area contributed by atoms with Gasteiger partial charge in [0.2, 0.25) is 5.82 Å². The van der Waals surface area contributed by atoms with Gasteiger partial charge in [-0.1, -0.05) is 0 Å². The molecule has 0 aliphatic carbocycles. The number of carbonyl (C=O) groups is 2. The zero-order valence-electron chi connectivity index (χ0n) is 8.61. The van der Waals surface area contributed by atoms with Crippen LogP contribution in [0.2, 0.25) is 0 Å². The third-order valence-electron chi connectivity index (χ3n) is 1.97. The summed E-state index contributed by atoms with van der Waals surface area (Å²) < 4.78 is 23.0. The molecule has 0 bridgehead atoms. The number of hydrogen-bond acceptors (Lipinski definition) is 4. The molecule has 0 atom stereocenters. The third-order valence-corrected chi connectivity index (χ3v) is 1.97. The minimum atomic E-state index is -1.39. The Morgan fingerprint density at radius 1 is 1.38 bits per heavy atom. The van der Waals surface area contributed by atoms with Crippen molar-refractivity contribution in [2.24, 2.45) is 0 Å². The SMILES string of the molecule is COc1c(C=O)cc(C(=O)O)c(OC)c1F. The summed E-state index contributed by atoms with van der Waals surface area (Å²) in [6.45, 7) is 0. The number of halogens is 1. The van der Waals surface area contributed by atoms with Crippen molar-refractivity contribution in [2.45, 2.75) is 0 Å². The molecule has 0 saturated carbocycles. The summed E-state index contributed by atoms with van der Waals surface area (Å²) in [6.07, 6.45) is 0.313. The zero-order valence-corrected chi connectivity index (χ0v) is 8.61. The fraction of sp³-hybridized carbons (Fsp3) is 0.200. The van der Waals surface area contributed by atoms with Gasteiger partial charge in [0.25, 0.3) is 0 Å². The maximum Gasteiger partial charge on any atom is 0.339 e. The molecule has 0 aliphatic rings. The van der Waals surface area contributed by atoms with Gasteiger partial charge in [0, 0.05) is 0 Å². The van der Waals surface area contributed by atoms with E-state index in [2.05, 4.69) is 9.47 Å². The van der Waals surface area contributed by atoms with Crippen molar-refractivity contribution in [3.8, 4) is 11.5 Å². The Morgan fingerprint density at radius 2 is 1.94 bits per heavy atom. The molecule has 1 N–H and O–H groups in total. The summed E-state index contributed by atoms with van der Waals surface area (Å²) >= 11 is 0. The van der Waals surface area contributed by atoms with Crippen molar-refractivity contribution in [3.05, 3.63) is 23.0 Å². The van der Waals surface area contributed by atoms with E-state index in [0.29, 0.717) is 6.29 Å². The van der Waals surface area contributed by atoms with E-state index in [1.807, 2.05) is 0 Å². The van der Waals surface area contributed by atoms with Crippen molar-refractivity contribution in [3.63, 3.8) is 0 Å². The van der Waals surface area contributed by atoms with Crippen LogP contribution in [-0.4, -0.2) is 31.6 Å². The van der Waals surface area contributed by atoms with E-state index in [9.17, 15) is 14.0 Å². The number of carboxylic acid groups (broad SMARTS) is 1. The Balaban J connectivity index is 3.60. The first-order chi connectivity index (χ1) is 7.56. The molecule has 0 aliphatic heterocycles. The molecule has 0 heterocycles. The van der Waals surface area contributed by atoms with Gasteiger partial charge in [-0.3, -0.25) is 4.79 Å². The fourth-order valence-electron chi connectivity index (χ4n) is 1.29. The molecule has 0 spiro atoms. The molecule has 16 heavy (non-hydrogen) atoms. The number of rotatable bonds is 4. The lowest BCUT2D eigenvalue weighted by molar-refractivity contribution is 0.0692. The van der Waals surface area contributed by atoms with E-state index in [1.165, 1.54) is 7.11 Å². The second kappa shape index (κ2) is 4.61. The van der Waals surface area contributed by atoms with Gasteiger partial charge in [-0.2, -0.15) is 4.39 Å². The number of methoxy groups -OCH3 is 2. The van der Waals surface area contributed by atoms with E-state index in [0.717, 1.165) is 13.2 Å². The highest BCUT2D eigenvalue weighted by Crippen LogP contribution is 2.33. The lowest BCUT2D eigenvalue weighted by Gasteiger charge is -2.11. The predicted octanol–water partition coefficient (Wildman–Crippen LogP) is 1.35. The number of hydrogen-bond donors (Lipinski definition) is 1. The number of carboxylic acids is 1. The molecule has 5 nitrogen and oxygen atoms in total. The monoisotopic (exact) mass is 228 g/mol. The molecular weight excluding hydrogens is 219 g/mol. The van der Waals surface area contributed by atoms with E-state index in [4.69, 9.17) is 5.11 Å². The van der Waals surface area contributed by atoms with Crippen LogP contribution in [0, 0.1) is 5.82 Å². The molecule has 86 valence electrons. The van der Waals surface area contributed by atoms with Gasteiger partial charge in [-0.25, -0.2) is 4.79 Å². The van der Waals surface area contributed by atoms with Crippen LogP contribution in [0.1, 0.15) is 20.7 Å². The third kappa shape index (κ3) is 1.81. The van der Waals surface area contributed by atoms with E-state index in [-0.39, 0.29) is 11.3 Å². The Bertz CT molecular complexity index is 441. The Morgan fingerprint density at radius 3 is 2.31 bits per heavy atom. The minimum absolute atomic E-state index is 0.182. The molecule has 1 aromatic rings. The summed E-state index contributed by atoms with van der Waals surface area (Å²) in [6, 6.07) is 0.996. The van der Waals surface area contributed by atoms with Crippen molar-refractivity contribution < 1.29 is 28.6 Å². The first-order valence-corrected chi connectivity index (χ1v) is 4.19. The maximum absolute atomic E-state index is 13.7. The van der Waals surface area contributed by atoms with Crippen LogP contribution in [0.4, 0.5) is 4.39 Å². The summed E-state index contributed by atoms with van der Waals surface area (Å²) in [5, 5.41) is 8.80. The van der Waals surface area contributed by atoms with Gasteiger partial charge in [-0.05, 0) is 6.07 Å². The minimum Gasteiger partial charge on any atom is -0.493 e. The van der Waals surface area contributed by atoms with Gasteiger partial charge in [0.05, 0.1) is 19.8 Å². The van der Waals surface area contributed by atoms with E-state index < -0.39 is 23.1 Å². The van der Waals surface area contributed by atoms with Gasteiger partial charge < -0.3 is 14.6 Å². The normalized spacial score (nSPS) is 9.69. The first kappa shape index (κ1) is 12.0. The van der Waals surface area contributed by atoms with Crippen molar-refractivity contribution in [1.82, 2.24) is 0 Å². The predicted molar refractivity (Wildman–Crippen MR) is 51.9 cm³/mol. The average molecular weight is 228 g/mol. The fourth-order valence-corrected chi connectivity index (χ4v) is 1.29. The molecule has 1 aromatic carbocycles. The van der Waals surface area contributed by atoms with Crippen LogP contribution in [0.15, 0.2) is 6.07 Å². The standard InChI is InChI=1S/C10H9FO5/c1-15-8-5(4-12)3-6(10(13)14)9(16-2)7(8)11/h3-4H,1-2H3,(H,13,14). The summed E-state index contributed by atoms with van der Waals surface area (Å²) in [5.41, 5.74) is -0.610. The number of benzene rings is 1. The Labute approximate surface area is 90.4 Å². The Kier molecular flexibility index (Phi) is 3.44. The van der Waals surface area contributed by atoms with Crippen molar-refractivity contribution in [1.29, 1.82) is 0 Å². The molecule has 0 amide bonds. The molecule has 0 aromatic heterocycles. The highest BCUT2D eigenvalue weighted by molar-refractivity contribution is 5.94. The van der Waals surface area contributed by atoms with Gasteiger partial charge in [0.1, 0.15) is 5.56 Å². The van der Waals surface area contributed by atoms with Crippen LogP contribution in [-0.2, 0) is 0 Å². The smallest absolute Gasteiger partial charge is 0.339 e. The summed E-state index contributed by atoms with van der Waals surface area (Å²) in [4.78, 5) is 21.4. The zero-order chi connectivity index (χ0) is 12.3. The van der Waals surface area contributed by atoms with Crippen LogP contribution >= 0.6 is 0 Å². The maximum atomic E-state index is 13.7. The summed E-state index contributed by atoms with van der Waals surface area (Å²) in [7, 11) is 2.30. The molecule has 1 rings (SSSR count). The highest BCUT2D eigenvalue weighted by Gasteiger charge is 2.23. The lowest BCUT2D eigenvalue weighted by atomic mass is 10.1. The number of ether oxygens (including phenoxy) is 2. The number of aldehydes is 1. The largest absolute Gasteiger partial charge is 0.493 e. The van der Waals surface area contributed by atoms with E-state index >= 15 is 0 Å². The van der Waals surface area contributed by atoms with Crippen molar-refractivity contribution in [2.75, 3.05) is 14.2 Å². The second-order valence-electron chi connectivity index (χ2n) is 2.82. The second-order valence-corrected chi connectivity index (χ2v) is 2.82. The highest BCUT2D eigenvalue weighted by atomic mass is 19.1.